The second-order valence-corrected chi connectivity index (χ2v) is 4.48. The summed E-state index contributed by atoms with van der Waals surface area (Å²) in [5, 5.41) is 17.6. The van der Waals surface area contributed by atoms with Crippen molar-refractivity contribution in [3.8, 4) is 0 Å². The van der Waals surface area contributed by atoms with Crippen molar-refractivity contribution in [3.63, 3.8) is 0 Å². The molecule has 1 aliphatic heterocycles. The zero-order valence-corrected chi connectivity index (χ0v) is 9.70. The predicted molar refractivity (Wildman–Crippen MR) is 59.5 cm³/mol. The Morgan fingerprint density at radius 2 is 2.20 bits per heavy atom. The summed E-state index contributed by atoms with van der Waals surface area (Å²) >= 11 is 11.7. The minimum absolute atomic E-state index is 0.234. The zero-order chi connectivity index (χ0) is 11.0. The van der Waals surface area contributed by atoms with Gasteiger partial charge in [-0.05, 0) is 13.3 Å². The molecule has 1 fully saturated rings. The van der Waals surface area contributed by atoms with Gasteiger partial charge in [-0.1, -0.05) is 23.2 Å². The number of β-amino-alcohol motifs (C(OH)–C–C–N with tert-alkyl or cyclic N) is 1. The first-order valence-corrected chi connectivity index (χ1v) is 5.47. The molecule has 6 heteroatoms. The number of hydrogen-bond acceptors (Lipinski definition) is 4. The lowest BCUT2D eigenvalue weighted by Crippen LogP contribution is -2.27. The quantitative estimate of drug-likeness (QED) is 0.822. The highest BCUT2D eigenvalue weighted by Gasteiger charge is 2.29. The minimum Gasteiger partial charge on any atom is -0.391 e. The summed E-state index contributed by atoms with van der Waals surface area (Å²) in [6, 6.07) is 1.91. The molecule has 0 bridgehead atoms. The molecule has 2 rings (SSSR count). The molecule has 0 aliphatic carbocycles. The van der Waals surface area contributed by atoms with E-state index in [1.165, 1.54) is 0 Å². The monoisotopic (exact) mass is 247 g/mol. The Bertz CT molecular complexity index is 374. The smallest absolute Gasteiger partial charge is 0.175 e. The molecule has 0 saturated carbocycles. The van der Waals surface area contributed by atoms with E-state index in [1.807, 2.05) is 11.8 Å². The van der Waals surface area contributed by atoms with Crippen LogP contribution >= 0.6 is 23.2 Å². The largest absolute Gasteiger partial charge is 0.391 e. The van der Waals surface area contributed by atoms with Gasteiger partial charge in [0.05, 0.1) is 11.8 Å². The molecule has 0 radical (unpaired) electrons. The third-order valence-electron chi connectivity index (χ3n) is 2.56. The van der Waals surface area contributed by atoms with Crippen LogP contribution in [-0.4, -0.2) is 34.0 Å². The molecule has 2 unspecified atom stereocenters. The molecule has 82 valence electrons. The third kappa shape index (κ3) is 2.17. The number of aromatic nitrogens is 2. The van der Waals surface area contributed by atoms with Crippen LogP contribution in [-0.2, 0) is 0 Å². The summed E-state index contributed by atoms with van der Waals surface area (Å²) in [5.41, 5.74) is 0.737. The zero-order valence-electron chi connectivity index (χ0n) is 8.19. The second kappa shape index (κ2) is 4.12. The van der Waals surface area contributed by atoms with Crippen molar-refractivity contribution in [1.29, 1.82) is 0 Å². The van der Waals surface area contributed by atoms with E-state index in [0.29, 0.717) is 16.9 Å². The fraction of sp³-hybridized carbons (Fsp3) is 0.556. The first-order valence-electron chi connectivity index (χ1n) is 4.71. The maximum absolute atomic E-state index is 9.54. The Morgan fingerprint density at radius 3 is 2.80 bits per heavy atom. The van der Waals surface area contributed by atoms with Crippen molar-refractivity contribution in [2.45, 2.75) is 25.5 Å². The van der Waals surface area contributed by atoms with Crippen LogP contribution in [0.5, 0.6) is 0 Å². The van der Waals surface area contributed by atoms with Crippen molar-refractivity contribution in [3.05, 3.63) is 16.4 Å². The highest BCUT2D eigenvalue weighted by atomic mass is 35.5. The number of anilines is 1. The summed E-state index contributed by atoms with van der Waals surface area (Å²) in [7, 11) is 0. The van der Waals surface area contributed by atoms with Gasteiger partial charge in [0.1, 0.15) is 0 Å². The van der Waals surface area contributed by atoms with Crippen molar-refractivity contribution < 1.29 is 5.11 Å². The average molecular weight is 248 g/mol. The van der Waals surface area contributed by atoms with Gasteiger partial charge in [-0.3, -0.25) is 0 Å². The van der Waals surface area contributed by atoms with Crippen LogP contribution in [0.4, 0.5) is 5.69 Å². The van der Waals surface area contributed by atoms with Crippen LogP contribution in [0.15, 0.2) is 6.07 Å². The lowest BCUT2D eigenvalue weighted by atomic mass is 10.2. The van der Waals surface area contributed by atoms with Gasteiger partial charge in [-0.15, -0.1) is 10.2 Å². The van der Waals surface area contributed by atoms with Gasteiger partial charge in [-0.25, -0.2) is 0 Å². The number of nitrogens with zero attached hydrogens (tertiary/aromatic N) is 3. The lowest BCUT2D eigenvalue weighted by molar-refractivity contribution is 0.195. The van der Waals surface area contributed by atoms with Gasteiger partial charge in [-0.2, -0.15) is 0 Å². The minimum atomic E-state index is -0.317. The number of rotatable bonds is 1. The fourth-order valence-corrected chi connectivity index (χ4v) is 2.23. The van der Waals surface area contributed by atoms with Crippen LogP contribution in [0, 0.1) is 0 Å². The Hall–Kier alpha value is -0.580. The molecule has 4 nitrogen and oxygen atoms in total. The van der Waals surface area contributed by atoms with E-state index in [2.05, 4.69) is 10.2 Å². The van der Waals surface area contributed by atoms with Gasteiger partial charge in [0, 0.05) is 18.7 Å². The molecule has 15 heavy (non-hydrogen) atoms. The molecule has 1 aromatic rings. The van der Waals surface area contributed by atoms with Gasteiger partial charge in [0.25, 0.3) is 0 Å². The predicted octanol–water partition coefficient (Wildman–Crippen LogP) is 1.74. The lowest BCUT2D eigenvalue weighted by Gasteiger charge is -2.23. The van der Waals surface area contributed by atoms with Crippen LogP contribution in [0.2, 0.25) is 10.3 Å². The molecule has 0 spiro atoms. The highest BCUT2D eigenvalue weighted by Crippen LogP contribution is 2.31. The van der Waals surface area contributed by atoms with Gasteiger partial charge in [0.15, 0.2) is 10.3 Å². The fourth-order valence-electron chi connectivity index (χ4n) is 1.88. The van der Waals surface area contributed by atoms with E-state index < -0.39 is 0 Å². The number of aliphatic hydroxyl groups is 1. The standard InChI is InChI=1S/C9H11Cl2N3O/c1-5-2-6(15)4-14(5)7-3-8(10)12-13-9(7)11/h3,5-6,15H,2,4H2,1H3. The van der Waals surface area contributed by atoms with Crippen molar-refractivity contribution >= 4 is 28.9 Å². The Balaban J connectivity index is 2.32. The Labute approximate surface area is 97.8 Å². The van der Waals surface area contributed by atoms with Gasteiger partial charge in [0.2, 0.25) is 0 Å². The molecule has 1 aliphatic rings. The normalized spacial score (nSPS) is 26.0. The third-order valence-corrected chi connectivity index (χ3v) is 3.02. The van der Waals surface area contributed by atoms with E-state index in [9.17, 15) is 5.11 Å². The molecule has 1 aromatic heterocycles. The van der Waals surface area contributed by atoms with E-state index in [-0.39, 0.29) is 12.1 Å². The van der Waals surface area contributed by atoms with E-state index in [4.69, 9.17) is 23.2 Å². The Morgan fingerprint density at radius 1 is 1.47 bits per heavy atom. The first-order chi connectivity index (χ1) is 7.08. The van der Waals surface area contributed by atoms with E-state index in [0.717, 1.165) is 12.1 Å². The van der Waals surface area contributed by atoms with Crippen LogP contribution in [0.1, 0.15) is 13.3 Å². The second-order valence-electron chi connectivity index (χ2n) is 3.73. The van der Waals surface area contributed by atoms with Crippen molar-refractivity contribution in [2.24, 2.45) is 0 Å². The van der Waals surface area contributed by atoms with E-state index >= 15 is 0 Å². The summed E-state index contributed by atoms with van der Waals surface area (Å²) in [4.78, 5) is 1.99. The van der Waals surface area contributed by atoms with Crippen LogP contribution < -0.4 is 4.90 Å². The molecular formula is C9H11Cl2N3O. The molecule has 2 heterocycles. The molecule has 1 saturated heterocycles. The number of hydrogen-bond donors (Lipinski definition) is 1. The molecule has 0 amide bonds. The molecule has 0 aromatic carbocycles. The highest BCUT2D eigenvalue weighted by molar-refractivity contribution is 6.33. The summed E-state index contributed by atoms with van der Waals surface area (Å²) in [6.45, 7) is 2.59. The molecular weight excluding hydrogens is 237 g/mol. The number of halogens is 2. The molecule has 2 atom stereocenters. The molecule has 1 N–H and O–H groups in total. The Kier molecular flexibility index (Phi) is 3.00. The summed E-state index contributed by atoms with van der Waals surface area (Å²) in [5.74, 6) is 0. The van der Waals surface area contributed by atoms with E-state index in [1.54, 1.807) is 6.07 Å². The summed E-state index contributed by atoms with van der Waals surface area (Å²) < 4.78 is 0. The first kappa shape index (κ1) is 10.9. The maximum Gasteiger partial charge on any atom is 0.175 e. The van der Waals surface area contributed by atoms with Crippen LogP contribution in [0.3, 0.4) is 0 Å². The topological polar surface area (TPSA) is 49.2 Å². The average Bonchev–Trinajstić information content (AvgIpc) is 2.50. The van der Waals surface area contributed by atoms with Crippen molar-refractivity contribution in [1.82, 2.24) is 10.2 Å². The van der Waals surface area contributed by atoms with Crippen molar-refractivity contribution in [2.75, 3.05) is 11.4 Å². The maximum atomic E-state index is 9.54. The van der Waals surface area contributed by atoms with Crippen LogP contribution in [0.25, 0.3) is 0 Å². The van der Waals surface area contributed by atoms with Gasteiger partial charge >= 0.3 is 0 Å². The SMILES string of the molecule is CC1CC(O)CN1c1cc(Cl)nnc1Cl. The summed E-state index contributed by atoms with van der Waals surface area (Å²) in [6.07, 6.45) is 0.416. The number of aliphatic hydroxyl groups excluding tert-OH is 1. The van der Waals surface area contributed by atoms with Gasteiger partial charge < -0.3 is 10.0 Å².